The zero-order chi connectivity index (χ0) is 13.0. The molecule has 92 valence electrons. The van der Waals surface area contributed by atoms with Crippen LogP contribution in [0.5, 0.6) is 5.75 Å². The Kier molecular flexibility index (Phi) is 3.67. The number of rotatable bonds is 4. The zero-order valence-corrected chi connectivity index (χ0v) is 9.89. The Bertz CT molecular complexity index is 555. The van der Waals surface area contributed by atoms with Gasteiger partial charge < -0.3 is 4.74 Å². The molecule has 0 aliphatic rings. The molecule has 2 rings (SSSR count). The predicted molar refractivity (Wildman–Crippen MR) is 65.2 cm³/mol. The van der Waals surface area contributed by atoms with E-state index in [0.29, 0.717) is 5.56 Å². The minimum absolute atomic E-state index is 0.0792. The molecule has 1 aromatic heterocycles. The summed E-state index contributed by atoms with van der Waals surface area (Å²) in [5.74, 6) is -0.479. The topological polar surface area (TPSA) is 39.2 Å². The van der Waals surface area contributed by atoms with E-state index in [4.69, 9.17) is 4.74 Å². The molecule has 0 fully saturated rings. The lowest BCUT2D eigenvalue weighted by Crippen LogP contribution is -2.04. The molecular formula is C14H12FNO2. The Balaban J connectivity index is 2.19. The Morgan fingerprint density at radius 1 is 1.28 bits per heavy atom. The number of Topliss-reactive ketones (excluding diaryl/α,β-unsaturated/α-hetero) is 1. The summed E-state index contributed by atoms with van der Waals surface area (Å²) in [5, 5.41) is 0. The molecule has 0 N–H and O–H groups in total. The molecule has 0 saturated carbocycles. The van der Waals surface area contributed by atoms with Crippen molar-refractivity contribution in [2.75, 3.05) is 7.11 Å². The van der Waals surface area contributed by atoms with Crippen LogP contribution in [0.1, 0.15) is 15.9 Å². The van der Waals surface area contributed by atoms with Gasteiger partial charge in [0.15, 0.2) is 17.3 Å². The van der Waals surface area contributed by atoms with Gasteiger partial charge >= 0.3 is 0 Å². The highest BCUT2D eigenvalue weighted by atomic mass is 19.1. The van der Waals surface area contributed by atoms with E-state index >= 15 is 0 Å². The Labute approximate surface area is 104 Å². The molecule has 0 atom stereocenters. The van der Waals surface area contributed by atoms with Gasteiger partial charge in [-0.3, -0.25) is 9.78 Å². The predicted octanol–water partition coefficient (Wildman–Crippen LogP) is 2.65. The van der Waals surface area contributed by atoms with Crippen LogP contribution in [0, 0.1) is 5.82 Å². The van der Waals surface area contributed by atoms with Crippen LogP contribution < -0.4 is 4.74 Å². The summed E-state index contributed by atoms with van der Waals surface area (Å²) in [6.07, 6.45) is 3.53. The first-order valence-electron chi connectivity index (χ1n) is 5.46. The van der Waals surface area contributed by atoms with Gasteiger partial charge in [0.2, 0.25) is 0 Å². The Morgan fingerprint density at radius 2 is 2.00 bits per heavy atom. The lowest BCUT2D eigenvalue weighted by molar-refractivity contribution is 0.0992. The number of benzene rings is 1. The van der Waals surface area contributed by atoms with Gasteiger partial charge in [-0.15, -0.1) is 0 Å². The maximum absolute atomic E-state index is 13.2. The normalized spacial score (nSPS) is 10.1. The summed E-state index contributed by atoms with van der Waals surface area (Å²) in [6.45, 7) is 0. The fraction of sp³-hybridized carbons (Fsp3) is 0.143. The van der Waals surface area contributed by atoms with Gasteiger partial charge in [0.1, 0.15) is 0 Å². The number of ketones is 1. The first-order valence-corrected chi connectivity index (χ1v) is 5.46. The van der Waals surface area contributed by atoms with Gasteiger partial charge in [-0.05, 0) is 35.9 Å². The number of hydrogen-bond acceptors (Lipinski definition) is 3. The number of ether oxygens (including phenoxy) is 1. The first-order chi connectivity index (χ1) is 8.70. The fourth-order valence-electron chi connectivity index (χ4n) is 1.62. The van der Waals surface area contributed by atoms with Gasteiger partial charge in [0.05, 0.1) is 7.11 Å². The third-order valence-electron chi connectivity index (χ3n) is 2.59. The molecule has 0 spiro atoms. The van der Waals surface area contributed by atoms with Gasteiger partial charge in [-0.2, -0.15) is 0 Å². The van der Waals surface area contributed by atoms with Crippen molar-refractivity contribution in [1.29, 1.82) is 0 Å². The molecule has 1 heterocycles. The molecule has 2 aromatic rings. The quantitative estimate of drug-likeness (QED) is 0.777. The van der Waals surface area contributed by atoms with Crippen molar-refractivity contribution in [3.05, 3.63) is 59.7 Å². The van der Waals surface area contributed by atoms with Crippen molar-refractivity contribution in [1.82, 2.24) is 4.98 Å². The fourth-order valence-corrected chi connectivity index (χ4v) is 1.62. The minimum atomic E-state index is -0.474. The summed E-state index contributed by atoms with van der Waals surface area (Å²) >= 11 is 0. The summed E-state index contributed by atoms with van der Waals surface area (Å²) in [6, 6.07) is 7.66. The van der Waals surface area contributed by atoms with E-state index in [1.807, 2.05) is 0 Å². The van der Waals surface area contributed by atoms with Gasteiger partial charge in [0, 0.05) is 24.4 Å². The Hall–Kier alpha value is -2.23. The zero-order valence-electron chi connectivity index (χ0n) is 9.89. The second kappa shape index (κ2) is 5.40. The van der Waals surface area contributed by atoms with E-state index in [1.54, 1.807) is 24.5 Å². The SMILES string of the molecule is COc1cc(C(=O)Cc2ccncc2)ccc1F. The number of halogens is 1. The third-order valence-corrected chi connectivity index (χ3v) is 2.59. The molecule has 0 unspecified atom stereocenters. The standard InChI is InChI=1S/C14H12FNO2/c1-18-14-9-11(2-3-12(14)15)13(17)8-10-4-6-16-7-5-10/h2-7,9H,8H2,1H3. The number of nitrogens with zero attached hydrogens (tertiary/aromatic N) is 1. The van der Waals surface area contributed by atoms with Crippen LogP contribution in [-0.4, -0.2) is 17.9 Å². The highest BCUT2D eigenvalue weighted by Crippen LogP contribution is 2.19. The van der Waals surface area contributed by atoms with Crippen LogP contribution in [0.2, 0.25) is 0 Å². The highest BCUT2D eigenvalue weighted by Gasteiger charge is 2.10. The van der Waals surface area contributed by atoms with Crippen molar-refractivity contribution >= 4 is 5.78 Å². The van der Waals surface area contributed by atoms with Crippen LogP contribution in [0.15, 0.2) is 42.7 Å². The van der Waals surface area contributed by atoms with E-state index in [2.05, 4.69) is 4.98 Å². The summed E-state index contributed by atoms with van der Waals surface area (Å²) < 4.78 is 18.1. The van der Waals surface area contributed by atoms with Crippen LogP contribution in [0.25, 0.3) is 0 Å². The van der Waals surface area contributed by atoms with E-state index in [-0.39, 0.29) is 18.0 Å². The average Bonchev–Trinajstić information content (AvgIpc) is 2.40. The van der Waals surface area contributed by atoms with E-state index in [9.17, 15) is 9.18 Å². The van der Waals surface area contributed by atoms with Crippen molar-refractivity contribution in [2.45, 2.75) is 6.42 Å². The molecule has 4 heteroatoms. The smallest absolute Gasteiger partial charge is 0.167 e. The molecular weight excluding hydrogens is 233 g/mol. The molecule has 1 aromatic carbocycles. The van der Waals surface area contributed by atoms with Gasteiger partial charge in [0.25, 0.3) is 0 Å². The van der Waals surface area contributed by atoms with E-state index < -0.39 is 5.82 Å². The van der Waals surface area contributed by atoms with Gasteiger partial charge in [-0.1, -0.05) is 0 Å². The first kappa shape index (κ1) is 12.2. The number of pyridine rings is 1. The van der Waals surface area contributed by atoms with Gasteiger partial charge in [-0.25, -0.2) is 4.39 Å². The molecule has 0 saturated heterocycles. The van der Waals surface area contributed by atoms with Crippen molar-refractivity contribution < 1.29 is 13.9 Å². The van der Waals surface area contributed by atoms with Crippen LogP contribution in [-0.2, 0) is 6.42 Å². The molecule has 0 aliphatic carbocycles. The second-order valence-electron chi connectivity index (χ2n) is 3.80. The van der Waals surface area contributed by atoms with Crippen molar-refractivity contribution in [3.63, 3.8) is 0 Å². The van der Waals surface area contributed by atoms with Crippen LogP contribution >= 0.6 is 0 Å². The maximum atomic E-state index is 13.2. The number of hydrogen-bond donors (Lipinski definition) is 0. The number of aromatic nitrogens is 1. The third kappa shape index (κ3) is 2.71. The van der Waals surface area contributed by atoms with Crippen molar-refractivity contribution in [2.24, 2.45) is 0 Å². The van der Waals surface area contributed by atoms with Crippen LogP contribution in [0.4, 0.5) is 4.39 Å². The summed E-state index contributed by atoms with van der Waals surface area (Å²) in [4.78, 5) is 15.9. The molecule has 0 radical (unpaired) electrons. The maximum Gasteiger partial charge on any atom is 0.167 e. The lowest BCUT2D eigenvalue weighted by atomic mass is 10.0. The van der Waals surface area contributed by atoms with E-state index in [0.717, 1.165) is 5.56 Å². The number of carbonyl (C=O) groups excluding carboxylic acids is 1. The number of carbonyl (C=O) groups is 1. The molecule has 0 aliphatic heterocycles. The second-order valence-corrected chi connectivity index (χ2v) is 3.80. The van der Waals surface area contributed by atoms with Crippen molar-refractivity contribution in [3.8, 4) is 5.75 Å². The monoisotopic (exact) mass is 245 g/mol. The molecule has 0 amide bonds. The highest BCUT2D eigenvalue weighted by molar-refractivity contribution is 5.97. The minimum Gasteiger partial charge on any atom is -0.494 e. The largest absolute Gasteiger partial charge is 0.494 e. The van der Waals surface area contributed by atoms with E-state index in [1.165, 1.54) is 25.3 Å². The average molecular weight is 245 g/mol. The Morgan fingerprint density at radius 3 is 2.67 bits per heavy atom. The lowest BCUT2D eigenvalue weighted by Gasteiger charge is -2.05. The summed E-state index contributed by atoms with van der Waals surface area (Å²) in [7, 11) is 1.37. The molecule has 3 nitrogen and oxygen atoms in total. The number of methoxy groups -OCH3 is 1. The molecule has 0 bridgehead atoms. The summed E-state index contributed by atoms with van der Waals surface area (Å²) in [5.41, 5.74) is 1.31. The molecule has 18 heavy (non-hydrogen) atoms. The van der Waals surface area contributed by atoms with Crippen LogP contribution in [0.3, 0.4) is 0 Å².